The van der Waals surface area contributed by atoms with Crippen LogP contribution in [0.15, 0.2) is 0 Å². The van der Waals surface area contributed by atoms with Crippen LogP contribution >= 0.6 is 0 Å². The molecule has 1 nitrogen and oxygen atoms in total. The van der Waals surface area contributed by atoms with Gasteiger partial charge in [0.1, 0.15) is 6.29 Å². The van der Waals surface area contributed by atoms with E-state index in [0.29, 0.717) is 6.42 Å². The molecule has 8 heavy (non-hydrogen) atoms. The van der Waals surface area contributed by atoms with Gasteiger partial charge in [0.25, 0.3) is 0 Å². The number of hydrogen-bond donors (Lipinski definition) is 0. The lowest BCUT2D eigenvalue weighted by Crippen LogP contribution is -1.84. The van der Waals surface area contributed by atoms with Gasteiger partial charge in [-0.1, -0.05) is 26.6 Å². The molecule has 0 aromatic rings. The van der Waals surface area contributed by atoms with Crippen molar-refractivity contribution in [2.75, 3.05) is 0 Å². The Labute approximate surface area is 53.7 Å². The van der Waals surface area contributed by atoms with Crippen molar-refractivity contribution < 1.29 is 4.79 Å². The van der Waals surface area contributed by atoms with Crippen LogP contribution in [0.5, 0.6) is 0 Å². The maximum absolute atomic E-state index is 9.17. The molecule has 0 aliphatic rings. The fourth-order valence-corrected chi connectivity index (χ4v) is 0. The third kappa shape index (κ3) is 179. The van der Waals surface area contributed by atoms with Crippen LogP contribution in [0.4, 0.5) is 0 Å². The van der Waals surface area contributed by atoms with Crippen molar-refractivity contribution >= 4 is 15.1 Å². The van der Waals surface area contributed by atoms with Gasteiger partial charge in [0.05, 0.1) is 0 Å². The highest BCUT2D eigenvalue weighted by atomic mass is 28.3. The topological polar surface area (TPSA) is 17.1 Å². The highest BCUT2D eigenvalue weighted by molar-refractivity contribution is 6.54. The second-order valence-corrected chi connectivity index (χ2v) is 5.77. The molecule has 0 rings (SSSR count). The first-order valence-corrected chi connectivity index (χ1v) is 6.55. The van der Waals surface area contributed by atoms with Crippen molar-refractivity contribution in [1.29, 1.82) is 0 Å². The van der Waals surface area contributed by atoms with E-state index in [2.05, 4.69) is 19.6 Å². The van der Waals surface area contributed by atoms with Crippen molar-refractivity contribution in [2.45, 2.75) is 33.0 Å². The van der Waals surface area contributed by atoms with Gasteiger partial charge < -0.3 is 4.79 Å². The first-order valence-electron chi connectivity index (χ1n) is 3.08. The minimum atomic E-state index is -0.139. The Kier molecular flexibility index (Phi) is 13.5. The maximum atomic E-state index is 9.17. The third-order valence-corrected chi connectivity index (χ3v) is 0.167. The molecule has 0 saturated carbocycles. The average molecular weight is 132 g/mol. The summed E-state index contributed by atoms with van der Waals surface area (Å²) in [5.74, 6) is 0. The van der Waals surface area contributed by atoms with Crippen molar-refractivity contribution in [3.05, 3.63) is 0 Å². The summed E-state index contributed by atoms with van der Waals surface area (Å²) in [5, 5.41) is 0. The van der Waals surface area contributed by atoms with E-state index in [4.69, 9.17) is 0 Å². The normalized spacial score (nSPS) is 7.62. The second-order valence-electron chi connectivity index (χ2n) is 2.31. The summed E-state index contributed by atoms with van der Waals surface area (Å²) >= 11 is 0. The van der Waals surface area contributed by atoms with Crippen LogP contribution in [-0.4, -0.2) is 15.1 Å². The van der Waals surface area contributed by atoms with Gasteiger partial charge in [-0.05, 0) is 0 Å². The molecule has 0 N–H and O–H groups in total. The summed E-state index contributed by atoms with van der Waals surface area (Å²) in [4.78, 5) is 9.17. The van der Waals surface area contributed by atoms with E-state index in [1.165, 1.54) is 0 Å². The zero-order chi connectivity index (χ0) is 6.99. The predicted octanol–water partition coefficient (Wildman–Crippen LogP) is 1.70. The minimum absolute atomic E-state index is 0.139. The summed E-state index contributed by atoms with van der Waals surface area (Å²) < 4.78 is 0. The first kappa shape index (κ1) is 10.8. The van der Waals surface area contributed by atoms with E-state index < -0.39 is 0 Å². The Bertz CT molecular complexity index is 41.0. The molecule has 0 aromatic heterocycles. The van der Waals surface area contributed by atoms with Crippen molar-refractivity contribution in [1.82, 2.24) is 0 Å². The first-order chi connectivity index (χ1) is 3.65. The predicted molar refractivity (Wildman–Crippen MR) is 41.1 cm³/mol. The summed E-state index contributed by atoms with van der Waals surface area (Å²) in [6.07, 6.45) is 1.51. The molecule has 0 aliphatic carbocycles. The Balaban J connectivity index is 0. The molecular formula is C6H16OSi. The lowest BCUT2D eigenvalue weighted by atomic mass is 10.6. The fraction of sp³-hybridized carbons (Fsp3) is 0.833. The monoisotopic (exact) mass is 132 g/mol. The Morgan fingerprint density at radius 2 is 1.50 bits per heavy atom. The molecular weight excluding hydrogens is 116 g/mol. The smallest absolute Gasteiger partial charge is 0.119 e. The quantitative estimate of drug-likeness (QED) is 0.392. The molecule has 0 aromatic carbocycles. The van der Waals surface area contributed by atoms with Crippen molar-refractivity contribution in [2.24, 2.45) is 0 Å². The number of aldehydes is 1. The molecule has 0 radical (unpaired) electrons. The van der Waals surface area contributed by atoms with Crippen LogP contribution in [0.1, 0.15) is 13.3 Å². The van der Waals surface area contributed by atoms with Crippen LogP contribution in [0.25, 0.3) is 0 Å². The van der Waals surface area contributed by atoms with E-state index in [1.807, 2.05) is 6.92 Å². The molecule has 0 aliphatic heterocycles. The van der Waals surface area contributed by atoms with E-state index in [9.17, 15) is 4.79 Å². The van der Waals surface area contributed by atoms with Gasteiger partial charge in [0.2, 0.25) is 0 Å². The molecule has 0 spiro atoms. The standard InChI is InChI=1S/C3H6O.C3H10Si/c1-2-3-4;1-4(2)3/h3H,2H2,1H3;4H,1-3H3. The Hall–Kier alpha value is -0.113. The summed E-state index contributed by atoms with van der Waals surface area (Å²) in [5.41, 5.74) is 0. The lowest BCUT2D eigenvalue weighted by Gasteiger charge is -1.75. The van der Waals surface area contributed by atoms with Gasteiger partial charge in [0, 0.05) is 15.2 Å². The zero-order valence-corrected chi connectivity index (χ0v) is 7.42. The largest absolute Gasteiger partial charge is 0.303 e. The molecule has 0 saturated heterocycles. The van der Waals surface area contributed by atoms with E-state index in [0.717, 1.165) is 6.29 Å². The van der Waals surface area contributed by atoms with Gasteiger partial charge in [-0.25, -0.2) is 0 Å². The van der Waals surface area contributed by atoms with Gasteiger partial charge in [0.15, 0.2) is 0 Å². The van der Waals surface area contributed by atoms with Crippen LogP contribution in [0.2, 0.25) is 19.6 Å². The van der Waals surface area contributed by atoms with Crippen molar-refractivity contribution in [3.63, 3.8) is 0 Å². The molecule has 0 atom stereocenters. The van der Waals surface area contributed by atoms with Crippen LogP contribution in [0, 0.1) is 0 Å². The number of hydrogen-bond acceptors (Lipinski definition) is 1. The highest BCUT2D eigenvalue weighted by Gasteiger charge is 1.71. The molecule has 0 bridgehead atoms. The van der Waals surface area contributed by atoms with Gasteiger partial charge in [-0.15, -0.1) is 0 Å². The summed E-state index contributed by atoms with van der Waals surface area (Å²) in [6, 6.07) is 0. The van der Waals surface area contributed by atoms with Gasteiger partial charge in [-0.3, -0.25) is 0 Å². The third-order valence-electron chi connectivity index (χ3n) is 0.167. The highest BCUT2D eigenvalue weighted by Crippen LogP contribution is 1.68. The van der Waals surface area contributed by atoms with E-state index in [1.54, 1.807) is 0 Å². The zero-order valence-electron chi connectivity index (χ0n) is 6.27. The lowest BCUT2D eigenvalue weighted by molar-refractivity contribution is -0.107. The number of carbonyl (C=O) groups is 1. The fourth-order valence-electron chi connectivity index (χ4n) is 0. The molecule has 2 heteroatoms. The van der Waals surface area contributed by atoms with Gasteiger partial charge in [-0.2, -0.15) is 0 Å². The number of rotatable bonds is 1. The summed E-state index contributed by atoms with van der Waals surface area (Å²) in [6.45, 7) is 8.73. The molecule has 0 unspecified atom stereocenters. The Morgan fingerprint density at radius 1 is 1.38 bits per heavy atom. The van der Waals surface area contributed by atoms with Crippen LogP contribution in [0.3, 0.4) is 0 Å². The SMILES string of the molecule is CCC=O.C[SiH](C)C. The molecule has 0 fully saturated rings. The average Bonchev–Trinajstić information content (AvgIpc) is 1.65. The van der Waals surface area contributed by atoms with Crippen LogP contribution < -0.4 is 0 Å². The minimum Gasteiger partial charge on any atom is -0.303 e. The Morgan fingerprint density at radius 3 is 1.50 bits per heavy atom. The molecule has 50 valence electrons. The summed E-state index contributed by atoms with van der Waals surface area (Å²) in [7, 11) is -0.139. The maximum Gasteiger partial charge on any atom is 0.119 e. The van der Waals surface area contributed by atoms with Crippen LogP contribution in [-0.2, 0) is 4.79 Å². The van der Waals surface area contributed by atoms with Gasteiger partial charge >= 0.3 is 0 Å². The molecule has 0 amide bonds. The molecule has 0 heterocycles. The van der Waals surface area contributed by atoms with E-state index >= 15 is 0 Å². The second kappa shape index (κ2) is 9.99. The van der Waals surface area contributed by atoms with E-state index in [-0.39, 0.29) is 8.80 Å². The number of carbonyl (C=O) groups excluding carboxylic acids is 1. The van der Waals surface area contributed by atoms with Crippen molar-refractivity contribution in [3.8, 4) is 0 Å².